The summed E-state index contributed by atoms with van der Waals surface area (Å²) in [4.78, 5) is 205. The Balaban J connectivity index is 1.33. The summed E-state index contributed by atoms with van der Waals surface area (Å²) in [5.74, 6) is -12.1. The van der Waals surface area contributed by atoms with Crippen molar-refractivity contribution in [1.82, 2.24) is 72.9 Å². The van der Waals surface area contributed by atoms with Gasteiger partial charge in [0.2, 0.25) is 70.9 Å². The number of rotatable bonds is 40. The fourth-order valence-electron chi connectivity index (χ4n) is 12.4. The topological polar surface area (TPSA) is 543 Å². The first-order valence-electron chi connectivity index (χ1n) is 36.2. The van der Waals surface area contributed by atoms with Crippen LogP contribution in [0.5, 0.6) is 0 Å². The second-order valence-electron chi connectivity index (χ2n) is 27.2. The van der Waals surface area contributed by atoms with Crippen LogP contribution in [-0.4, -0.2) is 231 Å². The number of hydrogen-bond donors (Lipinski definition) is 17. The van der Waals surface area contributed by atoms with E-state index < -0.39 is 175 Å². The van der Waals surface area contributed by atoms with Crippen LogP contribution in [0.1, 0.15) is 155 Å². The van der Waals surface area contributed by atoms with Crippen molar-refractivity contribution < 1.29 is 72.2 Å². The van der Waals surface area contributed by atoms with E-state index in [2.05, 4.69) is 63.1 Å². The lowest BCUT2D eigenvalue weighted by atomic mass is 9.89. The Morgan fingerprint density at radius 3 is 1.98 bits per heavy atom. The van der Waals surface area contributed by atoms with Crippen molar-refractivity contribution >= 4 is 110 Å². The number of aryl methyl sites for hydroxylation is 1. The van der Waals surface area contributed by atoms with Crippen LogP contribution in [0.2, 0.25) is 0 Å². The molecule has 3 saturated heterocycles. The smallest absolute Gasteiger partial charge is 0.245 e. The van der Waals surface area contributed by atoms with Gasteiger partial charge in [0.1, 0.15) is 48.3 Å². The molecule has 4 heterocycles. The largest absolute Gasteiger partial charge is 0.394 e. The van der Waals surface area contributed by atoms with Crippen LogP contribution in [-0.2, 0) is 80.0 Å². The number of Topliss-reactive ketones (excluding diaryl/α,β-unsaturated/α-hetero) is 2. The van der Waals surface area contributed by atoms with E-state index in [-0.39, 0.29) is 113 Å². The summed E-state index contributed by atoms with van der Waals surface area (Å²) < 4.78 is 0. The lowest BCUT2D eigenvalue weighted by Crippen LogP contribution is -2.59. The Hall–Kier alpha value is -8.74. The number of aliphatic hydroxyl groups is 1. The monoisotopic (exact) mass is 1510 g/mol. The highest BCUT2D eigenvalue weighted by Gasteiger charge is 2.42. The minimum atomic E-state index is -1.64. The Morgan fingerprint density at radius 1 is 0.695 bits per heavy atom. The van der Waals surface area contributed by atoms with Crippen molar-refractivity contribution in [1.29, 1.82) is 5.41 Å². The van der Waals surface area contributed by atoms with Crippen LogP contribution in [0.15, 0.2) is 42.9 Å². The van der Waals surface area contributed by atoms with Crippen molar-refractivity contribution in [2.75, 3.05) is 50.8 Å². The van der Waals surface area contributed by atoms with E-state index in [1.165, 1.54) is 29.2 Å². The van der Waals surface area contributed by atoms with Gasteiger partial charge < -0.3 is 96.0 Å². The van der Waals surface area contributed by atoms with E-state index in [0.717, 1.165) is 33.6 Å². The Labute approximate surface area is 620 Å². The fraction of sp³-hybridized carbons (Fsp3) is 0.652. The summed E-state index contributed by atoms with van der Waals surface area (Å²) in [5, 5.41) is 44.8. The molecule has 2 aromatic rings. The molecule has 36 heteroatoms. The van der Waals surface area contributed by atoms with Crippen molar-refractivity contribution in [3.8, 4) is 0 Å². The lowest BCUT2D eigenvalue weighted by Gasteiger charge is -2.31. The van der Waals surface area contributed by atoms with Gasteiger partial charge in [-0.1, -0.05) is 85.5 Å². The molecule has 105 heavy (non-hydrogen) atoms. The number of aliphatic hydroxyl groups excluding tert-OH is 1. The van der Waals surface area contributed by atoms with Crippen LogP contribution in [0.25, 0.3) is 0 Å². The number of guanidine groups is 1. The summed E-state index contributed by atoms with van der Waals surface area (Å²) in [6, 6.07) is -4.18. The number of imidazole rings is 1. The Kier molecular flexibility index (Phi) is 37.7. The number of hydrogen-bond acceptors (Lipinski definition) is 21. The number of nitrogens with one attached hydrogen (secondary N) is 12. The second kappa shape index (κ2) is 45.6. The molecule has 0 aliphatic carbocycles. The number of benzene rings is 1. The molecule has 1 aromatic carbocycles. The van der Waals surface area contributed by atoms with Gasteiger partial charge in [-0.2, -0.15) is 0 Å². The number of ketones is 2. The van der Waals surface area contributed by atoms with Crippen LogP contribution in [0, 0.1) is 17.2 Å². The Bertz CT molecular complexity index is 3260. The first kappa shape index (κ1) is 86.9. The predicted molar refractivity (Wildman–Crippen MR) is 393 cm³/mol. The number of nitrogens with zero attached hydrogens (tertiary/aromatic N) is 3. The predicted octanol–water partition coefficient (Wildman–Crippen LogP) is -2.28. The number of likely N-dealkylation sites (tertiary alicyclic amines) is 2. The maximum atomic E-state index is 14.9. The molecule has 12 atom stereocenters. The summed E-state index contributed by atoms with van der Waals surface area (Å²) in [5.41, 5.74) is 24.2. The van der Waals surface area contributed by atoms with E-state index in [1.54, 1.807) is 13.8 Å². The number of unbranched alkanes of at least 4 members (excludes halogenated alkanes) is 2. The molecule has 21 N–H and O–H groups in total. The maximum absolute atomic E-state index is 14.9. The normalized spacial score (nSPS) is 20.4. The number of amides is 12. The third kappa shape index (κ3) is 29.6. The first-order valence-corrected chi connectivity index (χ1v) is 38.7. The molecular weight excluding hydrogens is 1400 g/mol. The van der Waals surface area contributed by atoms with E-state index >= 15 is 0 Å². The highest BCUT2D eigenvalue weighted by atomic mass is 33.1. The molecule has 5 rings (SSSR count). The van der Waals surface area contributed by atoms with Crippen molar-refractivity contribution in [2.45, 2.75) is 223 Å². The number of H-pyrrole nitrogens is 1. The molecule has 0 unspecified atom stereocenters. The third-order valence-corrected chi connectivity index (χ3v) is 20.6. The van der Waals surface area contributed by atoms with E-state index in [9.17, 15) is 72.2 Å². The Morgan fingerprint density at radius 2 is 1.33 bits per heavy atom. The van der Waals surface area contributed by atoms with Gasteiger partial charge in [0.15, 0.2) is 17.5 Å². The molecule has 0 spiro atoms. The second-order valence-corrected chi connectivity index (χ2v) is 29.7. The zero-order chi connectivity index (χ0) is 77.1. The molecule has 3 aliphatic rings. The molecule has 3 aliphatic heterocycles. The van der Waals surface area contributed by atoms with Gasteiger partial charge in [0.05, 0.1) is 37.6 Å². The van der Waals surface area contributed by atoms with Gasteiger partial charge in [-0.3, -0.25) is 72.5 Å². The highest BCUT2D eigenvalue weighted by molar-refractivity contribution is 8.76. The molecule has 3 fully saturated rings. The van der Waals surface area contributed by atoms with E-state index in [4.69, 9.17) is 28.3 Å². The zero-order valence-electron chi connectivity index (χ0n) is 60.5. The number of nitrogens with two attached hydrogens (primary N) is 4. The molecule has 34 nitrogen and oxygen atoms in total. The molecule has 0 saturated carbocycles. The number of carbonyl (C=O) groups is 14. The first-order chi connectivity index (χ1) is 50.1. The molecule has 12 amide bonds. The molecule has 582 valence electrons. The average Bonchev–Trinajstić information content (AvgIpc) is 1.77. The van der Waals surface area contributed by atoms with E-state index in [1.807, 2.05) is 37.3 Å². The van der Waals surface area contributed by atoms with Gasteiger partial charge in [-0.05, 0) is 115 Å². The van der Waals surface area contributed by atoms with Crippen LogP contribution < -0.4 is 76.1 Å². The lowest BCUT2D eigenvalue weighted by molar-refractivity contribution is -0.142. The number of aromatic amines is 1. The van der Waals surface area contributed by atoms with Gasteiger partial charge in [-0.15, -0.1) is 0 Å². The number of aromatic nitrogens is 2. The zero-order valence-corrected chi connectivity index (χ0v) is 62.1. The molecule has 0 bridgehead atoms. The van der Waals surface area contributed by atoms with Gasteiger partial charge in [-0.25, -0.2) is 4.98 Å². The van der Waals surface area contributed by atoms with Gasteiger partial charge in [0, 0.05) is 74.6 Å². The van der Waals surface area contributed by atoms with Crippen molar-refractivity contribution in [3.63, 3.8) is 0 Å². The van der Waals surface area contributed by atoms with Crippen LogP contribution in [0.3, 0.4) is 0 Å². The standard InChI is InChI=1S/C69H109N19O15S2/c1-5-6-19-45(55(90)24-12-18-42-16-8-7-9-17-42)79-66(101)53-22-14-29-87(53)58(93)35-77-61(96)46(20-10-11-27-70)80-65(100)52-38-105-104-37-51(56(91)32-43(31-40(2)3)60(95)84-50(36-89)64(99)86-52)85-67(102)54-23-15-30-88(54)68(103)48(21-13-28-76-69(73)74)82-62(97)47(25-26-57(72)92)81-63(98)49(83-59(94)41(4)71)33-44-34-75-39-78-44/h7-9,16-17,34,39-41,43,45-54,89H,5-6,10-15,18-33,35-38,70-71H2,1-4H3,(H2,72,92)(H,75,78)(H,77,96)(H,79,101)(H,80,100)(H,81,98)(H,82,97)(H,83,94)(H,84,95)(H,85,102)(H,86,99)(H4,73,74,76)/t41-,43+,45-,46+,47-,48-,49-,50+,51-,52+,53+,54-/m0/s1. The summed E-state index contributed by atoms with van der Waals surface area (Å²) in [6.45, 7) is 6.00. The summed E-state index contributed by atoms with van der Waals surface area (Å²) in [7, 11) is 2.03. The quantitative estimate of drug-likeness (QED) is 0.0145. The minimum absolute atomic E-state index is 0.000584. The minimum Gasteiger partial charge on any atom is -0.394 e. The average molecular weight is 1510 g/mol. The van der Waals surface area contributed by atoms with E-state index in [0.29, 0.717) is 57.1 Å². The van der Waals surface area contributed by atoms with Crippen molar-refractivity contribution in [3.05, 3.63) is 54.1 Å². The molecular formula is C69H109N19O15S2. The van der Waals surface area contributed by atoms with Crippen molar-refractivity contribution in [2.24, 2.45) is 34.8 Å². The maximum Gasteiger partial charge on any atom is 0.245 e. The number of carbonyl (C=O) groups excluding carboxylic acids is 14. The van der Waals surface area contributed by atoms with Gasteiger partial charge in [0.25, 0.3) is 0 Å². The highest BCUT2D eigenvalue weighted by Crippen LogP contribution is 2.28. The molecule has 0 radical (unpaired) electrons. The number of primary amides is 1. The summed E-state index contributed by atoms with van der Waals surface area (Å²) >= 11 is 0. The SMILES string of the molecule is CCCC[C@H](NC(=O)[C@H]1CCCN1C(=O)CNC(=O)[C@@H](CCCCN)NC(=O)[C@H]1CSSC[C@H](NC(=O)[C@@H]2CCCN2C(=O)[C@H](CCCNC(=N)N)NC(=O)[C@H](CCC(N)=O)NC(=O)[C@H](Cc2cnc[nH]2)NC(=O)[C@H](C)N)C(=O)C[C@@H](CC(C)C)C(=O)N[C@H](CO)C(=O)N1)C(=O)CCCc1ccccc1. The van der Waals surface area contributed by atoms with Crippen LogP contribution >= 0.6 is 21.6 Å². The summed E-state index contributed by atoms with van der Waals surface area (Å²) in [6.07, 6.45) is 7.03. The molecule has 1 aromatic heterocycles. The fourth-order valence-corrected chi connectivity index (χ4v) is 14.8. The third-order valence-electron chi connectivity index (χ3n) is 18.2. The van der Waals surface area contributed by atoms with Crippen LogP contribution in [0.4, 0.5) is 0 Å². The van der Waals surface area contributed by atoms with Gasteiger partial charge >= 0.3 is 0 Å².